The maximum atomic E-state index is 12.9. The topological polar surface area (TPSA) is 62.3 Å². The summed E-state index contributed by atoms with van der Waals surface area (Å²) in [6, 6.07) is 2.12. The molecule has 2 amide bonds. The van der Waals surface area contributed by atoms with E-state index in [1.54, 1.807) is 11.3 Å². The maximum absolute atomic E-state index is 12.9. The standard InChI is InChI=1S/C20H25N3O2S2/c1-13-12-26-20(21-13)22-18(24)14-7-9-23(10-8-14)19(25)17-11-15-5-3-2-4-6-16(15)27-17/h11-12,14H,2-10H2,1H3,(H,21,22,24). The number of fused-ring (bicyclic) bond motifs is 1. The highest BCUT2D eigenvalue weighted by atomic mass is 32.1. The summed E-state index contributed by atoms with van der Waals surface area (Å²) in [5.41, 5.74) is 2.30. The second kappa shape index (κ2) is 8.10. The minimum absolute atomic E-state index is 0.0271. The average molecular weight is 404 g/mol. The lowest BCUT2D eigenvalue weighted by molar-refractivity contribution is -0.121. The van der Waals surface area contributed by atoms with E-state index in [0.29, 0.717) is 31.1 Å². The van der Waals surface area contributed by atoms with Crippen molar-refractivity contribution in [1.82, 2.24) is 9.88 Å². The van der Waals surface area contributed by atoms with Crippen LogP contribution >= 0.6 is 22.7 Å². The van der Waals surface area contributed by atoms with Gasteiger partial charge >= 0.3 is 0 Å². The molecule has 0 radical (unpaired) electrons. The molecule has 2 aromatic rings. The summed E-state index contributed by atoms with van der Waals surface area (Å²) < 4.78 is 0. The number of thiazole rings is 1. The average Bonchev–Trinajstić information content (AvgIpc) is 3.21. The van der Waals surface area contributed by atoms with Crippen LogP contribution in [-0.4, -0.2) is 34.8 Å². The molecule has 27 heavy (non-hydrogen) atoms. The molecule has 1 fully saturated rings. The molecule has 4 rings (SSSR count). The number of hydrogen-bond acceptors (Lipinski definition) is 5. The second-order valence-corrected chi connectivity index (χ2v) is 9.46. The number of nitrogens with zero attached hydrogens (tertiary/aromatic N) is 2. The quantitative estimate of drug-likeness (QED) is 0.779. The number of aryl methyl sites for hydroxylation is 3. The monoisotopic (exact) mass is 403 g/mol. The first-order valence-corrected chi connectivity index (χ1v) is 11.4. The number of carbonyl (C=O) groups is 2. The Morgan fingerprint density at radius 3 is 2.70 bits per heavy atom. The van der Waals surface area contributed by atoms with E-state index in [-0.39, 0.29) is 17.7 Å². The number of amides is 2. The zero-order valence-electron chi connectivity index (χ0n) is 15.6. The summed E-state index contributed by atoms with van der Waals surface area (Å²) in [4.78, 5) is 33.8. The van der Waals surface area contributed by atoms with Gasteiger partial charge in [0.15, 0.2) is 5.13 Å². The van der Waals surface area contributed by atoms with Crippen LogP contribution in [0.2, 0.25) is 0 Å². The predicted octanol–water partition coefficient (Wildman–Crippen LogP) is 4.27. The van der Waals surface area contributed by atoms with Crippen LogP contribution in [0.25, 0.3) is 0 Å². The molecule has 0 atom stereocenters. The number of likely N-dealkylation sites (tertiary alicyclic amines) is 1. The summed E-state index contributed by atoms with van der Waals surface area (Å²) >= 11 is 3.14. The molecule has 7 heteroatoms. The fourth-order valence-electron chi connectivity index (χ4n) is 3.89. The summed E-state index contributed by atoms with van der Waals surface area (Å²) in [7, 11) is 0. The van der Waals surface area contributed by atoms with Gasteiger partial charge in [0.25, 0.3) is 5.91 Å². The molecule has 0 saturated carbocycles. The molecule has 144 valence electrons. The Kier molecular flexibility index (Phi) is 5.59. The number of aromatic nitrogens is 1. The molecular formula is C20H25N3O2S2. The fourth-order valence-corrected chi connectivity index (χ4v) is 5.80. The summed E-state index contributed by atoms with van der Waals surface area (Å²) in [5, 5.41) is 5.51. The minimum Gasteiger partial charge on any atom is -0.338 e. The Bertz CT molecular complexity index is 811. The zero-order chi connectivity index (χ0) is 18.8. The van der Waals surface area contributed by atoms with E-state index in [4.69, 9.17) is 0 Å². The van der Waals surface area contributed by atoms with E-state index in [1.165, 1.54) is 41.0 Å². The molecule has 1 aliphatic carbocycles. The summed E-state index contributed by atoms with van der Waals surface area (Å²) in [5.74, 6) is 0.125. The van der Waals surface area contributed by atoms with Crippen LogP contribution in [0.1, 0.15) is 57.9 Å². The van der Waals surface area contributed by atoms with Crippen LogP contribution in [0.5, 0.6) is 0 Å². The van der Waals surface area contributed by atoms with Crippen molar-refractivity contribution >= 4 is 39.6 Å². The van der Waals surface area contributed by atoms with Gasteiger partial charge in [-0.15, -0.1) is 22.7 Å². The molecule has 2 aliphatic rings. The largest absolute Gasteiger partial charge is 0.338 e. The number of carbonyl (C=O) groups excluding carboxylic acids is 2. The van der Waals surface area contributed by atoms with E-state index in [2.05, 4.69) is 16.4 Å². The van der Waals surface area contributed by atoms with Crippen molar-refractivity contribution in [1.29, 1.82) is 0 Å². The van der Waals surface area contributed by atoms with E-state index < -0.39 is 0 Å². The normalized spacial score (nSPS) is 18.0. The second-order valence-electron chi connectivity index (χ2n) is 7.47. The van der Waals surface area contributed by atoms with Crippen molar-refractivity contribution in [3.05, 3.63) is 32.5 Å². The van der Waals surface area contributed by atoms with Crippen molar-refractivity contribution in [2.45, 2.75) is 51.9 Å². The predicted molar refractivity (Wildman–Crippen MR) is 110 cm³/mol. The van der Waals surface area contributed by atoms with Gasteiger partial charge in [0, 0.05) is 29.3 Å². The lowest BCUT2D eigenvalue weighted by atomic mass is 9.96. The first-order chi connectivity index (χ1) is 13.1. The van der Waals surface area contributed by atoms with Crippen molar-refractivity contribution in [2.75, 3.05) is 18.4 Å². The molecule has 0 bridgehead atoms. The van der Waals surface area contributed by atoms with Gasteiger partial charge in [-0.25, -0.2) is 4.98 Å². The number of piperidine rings is 1. The van der Waals surface area contributed by atoms with Crippen LogP contribution in [0.4, 0.5) is 5.13 Å². The third-order valence-electron chi connectivity index (χ3n) is 5.46. The van der Waals surface area contributed by atoms with Gasteiger partial charge < -0.3 is 10.2 Å². The number of thiophene rings is 1. The van der Waals surface area contributed by atoms with Crippen molar-refractivity contribution < 1.29 is 9.59 Å². The first-order valence-electron chi connectivity index (χ1n) is 9.74. The Hall–Kier alpha value is -1.73. The van der Waals surface area contributed by atoms with Crippen molar-refractivity contribution in [2.24, 2.45) is 5.92 Å². The number of nitrogens with one attached hydrogen (secondary N) is 1. The Labute approximate surface area is 167 Å². The lowest BCUT2D eigenvalue weighted by Gasteiger charge is -2.30. The highest BCUT2D eigenvalue weighted by Crippen LogP contribution is 2.31. The molecule has 5 nitrogen and oxygen atoms in total. The summed E-state index contributed by atoms with van der Waals surface area (Å²) in [6.07, 6.45) is 7.42. The van der Waals surface area contributed by atoms with E-state index in [9.17, 15) is 9.59 Å². The van der Waals surface area contributed by atoms with Gasteiger partial charge in [-0.05, 0) is 57.1 Å². The Morgan fingerprint density at radius 1 is 1.19 bits per heavy atom. The van der Waals surface area contributed by atoms with E-state index in [0.717, 1.165) is 23.4 Å². The van der Waals surface area contributed by atoms with Gasteiger partial charge in [0.05, 0.1) is 10.6 Å². The molecular weight excluding hydrogens is 378 g/mol. The molecule has 0 unspecified atom stereocenters. The van der Waals surface area contributed by atoms with Crippen LogP contribution in [0, 0.1) is 12.8 Å². The molecule has 0 aromatic carbocycles. The van der Waals surface area contributed by atoms with E-state index >= 15 is 0 Å². The first kappa shape index (κ1) is 18.6. The highest BCUT2D eigenvalue weighted by Gasteiger charge is 2.29. The fraction of sp³-hybridized carbons (Fsp3) is 0.550. The summed E-state index contributed by atoms with van der Waals surface area (Å²) in [6.45, 7) is 3.22. The van der Waals surface area contributed by atoms with Gasteiger partial charge in [-0.2, -0.15) is 0 Å². The number of rotatable bonds is 3. The van der Waals surface area contributed by atoms with Crippen LogP contribution < -0.4 is 5.32 Å². The van der Waals surface area contributed by atoms with Crippen LogP contribution in [0.15, 0.2) is 11.4 Å². The van der Waals surface area contributed by atoms with Gasteiger partial charge in [0.2, 0.25) is 5.91 Å². The number of anilines is 1. The van der Waals surface area contributed by atoms with Crippen LogP contribution in [-0.2, 0) is 17.6 Å². The van der Waals surface area contributed by atoms with Gasteiger partial charge in [0.1, 0.15) is 0 Å². The molecule has 2 aromatic heterocycles. The third kappa shape index (κ3) is 4.24. The van der Waals surface area contributed by atoms with Gasteiger partial charge in [-0.1, -0.05) is 6.42 Å². The third-order valence-corrected chi connectivity index (χ3v) is 7.56. The lowest BCUT2D eigenvalue weighted by Crippen LogP contribution is -2.41. The van der Waals surface area contributed by atoms with Crippen molar-refractivity contribution in [3.8, 4) is 0 Å². The maximum Gasteiger partial charge on any atom is 0.263 e. The Morgan fingerprint density at radius 2 is 1.96 bits per heavy atom. The number of hydrogen-bond donors (Lipinski definition) is 1. The van der Waals surface area contributed by atoms with E-state index in [1.807, 2.05) is 17.2 Å². The molecule has 0 spiro atoms. The van der Waals surface area contributed by atoms with Crippen molar-refractivity contribution in [3.63, 3.8) is 0 Å². The van der Waals surface area contributed by atoms with Gasteiger partial charge in [-0.3, -0.25) is 9.59 Å². The SMILES string of the molecule is Cc1csc(NC(=O)C2CCN(C(=O)c3cc4c(s3)CCCCC4)CC2)n1. The zero-order valence-corrected chi connectivity index (χ0v) is 17.3. The van der Waals surface area contributed by atoms with Crippen LogP contribution in [0.3, 0.4) is 0 Å². The molecule has 1 N–H and O–H groups in total. The Balaban J connectivity index is 1.33. The smallest absolute Gasteiger partial charge is 0.263 e. The highest BCUT2D eigenvalue weighted by molar-refractivity contribution is 7.14. The molecule has 1 saturated heterocycles. The minimum atomic E-state index is -0.0432. The molecule has 3 heterocycles. The molecule has 1 aliphatic heterocycles.